The van der Waals surface area contributed by atoms with Crippen LogP contribution in [0.15, 0.2) is 84.9 Å². The Morgan fingerprint density at radius 1 is 0.643 bits per heavy atom. The number of aryl methyl sites for hydroxylation is 2. The number of fused-ring (bicyclic) bond motifs is 3. The van der Waals surface area contributed by atoms with E-state index in [0.717, 1.165) is 11.3 Å². The van der Waals surface area contributed by atoms with Gasteiger partial charge in [-0.15, -0.1) is 0 Å². The van der Waals surface area contributed by atoms with Crippen LogP contribution in [0.1, 0.15) is 11.1 Å². The summed E-state index contributed by atoms with van der Waals surface area (Å²) in [6.45, 7) is 4.26. The van der Waals surface area contributed by atoms with Crippen LogP contribution in [0.2, 0.25) is 0 Å². The first-order valence-corrected chi connectivity index (χ1v) is 9.59. The van der Waals surface area contributed by atoms with E-state index in [9.17, 15) is 0 Å². The van der Waals surface area contributed by atoms with Gasteiger partial charge in [-0.3, -0.25) is 0 Å². The number of nitrogens with two attached hydrogens (primary N) is 1. The smallest absolute Gasteiger partial charge is 0.0570 e. The highest BCUT2D eigenvalue weighted by Crippen LogP contribution is 2.37. The zero-order chi connectivity index (χ0) is 19.3. The van der Waals surface area contributed by atoms with Crippen LogP contribution >= 0.6 is 0 Å². The third-order valence-corrected chi connectivity index (χ3v) is 5.58. The van der Waals surface area contributed by atoms with Gasteiger partial charge in [0.15, 0.2) is 0 Å². The third-order valence-electron chi connectivity index (χ3n) is 5.58. The standard InChI is InChI=1S/C26H22N2/c1-17-14-19(12-13-24(17)27)20-15-18(2)26-23(16-20)22-10-6-7-11-25(22)28(26)21-8-4-3-5-9-21/h3-16H,27H2,1-2H3. The average molecular weight is 362 g/mol. The molecule has 28 heavy (non-hydrogen) atoms. The molecule has 0 saturated carbocycles. The fourth-order valence-electron chi connectivity index (χ4n) is 4.17. The molecule has 2 N–H and O–H groups in total. The van der Waals surface area contributed by atoms with Crippen LogP contribution in [-0.2, 0) is 0 Å². The van der Waals surface area contributed by atoms with Crippen molar-refractivity contribution in [1.82, 2.24) is 4.57 Å². The summed E-state index contributed by atoms with van der Waals surface area (Å²) in [4.78, 5) is 0. The van der Waals surface area contributed by atoms with E-state index in [0.29, 0.717) is 0 Å². The fraction of sp³-hybridized carbons (Fsp3) is 0.0769. The number of nitrogens with zero attached hydrogens (tertiary/aromatic N) is 1. The molecule has 2 nitrogen and oxygen atoms in total. The Kier molecular flexibility index (Phi) is 3.73. The van der Waals surface area contributed by atoms with E-state index in [4.69, 9.17) is 5.73 Å². The molecule has 5 rings (SSSR count). The molecular weight excluding hydrogens is 340 g/mol. The Balaban J connectivity index is 1.87. The van der Waals surface area contributed by atoms with E-state index in [-0.39, 0.29) is 0 Å². The van der Waals surface area contributed by atoms with Crippen LogP contribution in [0.25, 0.3) is 38.6 Å². The number of hydrogen-bond acceptors (Lipinski definition) is 1. The van der Waals surface area contributed by atoms with Crippen LogP contribution in [0.3, 0.4) is 0 Å². The molecule has 5 aromatic rings. The summed E-state index contributed by atoms with van der Waals surface area (Å²) >= 11 is 0. The summed E-state index contributed by atoms with van der Waals surface area (Å²) < 4.78 is 2.37. The molecule has 0 radical (unpaired) electrons. The topological polar surface area (TPSA) is 30.9 Å². The highest BCUT2D eigenvalue weighted by molar-refractivity contribution is 6.11. The van der Waals surface area contributed by atoms with Crippen molar-refractivity contribution in [3.05, 3.63) is 96.1 Å². The van der Waals surface area contributed by atoms with Gasteiger partial charge in [0.05, 0.1) is 11.0 Å². The number of hydrogen-bond donors (Lipinski definition) is 1. The minimum absolute atomic E-state index is 0.835. The summed E-state index contributed by atoms with van der Waals surface area (Å²) in [6, 6.07) is 30.1. The predicted octanol–water partition coefficient (Wildman–Crippen LogP) is 6.65. The molecule has 0 fully saturated rings. The van der Waals surface area contributed by atoms with Crippen molar-refractivity contribution in [2.75, 3.05) is 5.73 Å². The van der Waals surface area contributed by atoms with Crippen LogP contribution in [-0.4, -0.2) is 4.57 Å². The van der Waals surface area contributed by atoms with Gasteiger partial charge in [-0.2, -0.15) is 0 Å². The molecule has 0 amide bonds. The first-order chi connectivity index (χ1) is 13.6. The average Bonchev–Trinajstić information content (AvgIpc) is 3.06. The number of rotatable bonds is 2. The number of para-hydroxylation sites is 2. The second-order valence-electron chi connectivity index (χ2n) is 7.45. The van der Waals surface area contributed by atoms with E-state index in [2.05, 4.69) is 97.3 Å². The second-order valence-corrected chi connectivity index (χ2v) is 7.45. The molecule has 0 unspecified atom stereocenters. The molecule has 136 valence electrons. The first-order valence-electron chi connectivity index (χ1n) is 9.59. The lowest BCUT2D eigenvalue weighted by molar-refractivity contribution is 1.17. The van der Waals surface area contributed by atoms with Crippen molar-refractivity contribution in [3.63, 3.8) is 0 Å². The van der Waals surface area contributed by atoms with E-state index < -0.39 is 0 Å². The van der Waals surface area contributed by atoms with Gasteiger partial charge < -0.3 is 10.3 Å². The van der Waals surface area contributed by atoms with Crippen molar-refractivity contribution in [2.24, 2.45) is 0 Å². The molecule has 0 atom stereocenters. The summed E-state index contributed by atoms with van der Waals surface area (Å²) in [7, 11) is 0. The Morgan fingerprint density at radius 2 is 1.36 bits per heavy atom. The van der Waals surface area contributed by atoms with Crippen LogP contribution in [0, 0.1) is 13.8 Å². The number of anilines is 1. The predicted molar refractivity (Wildman–Crippen MR) is 120 cm³/mol. The molecule has 1 heterocycles. The molecule has 0 aliphatic heterocycles. The van der Waals surface area contributed by atoms with Crippen LogP contribution < -0.4 is 5.73 Å². The van der Waals surface area contributed by atoms with Crippen LogP contribution in [0.5, 0.6) is 0 Å². The molecule has 0 aliphatic carbocycles. The van der Waals surface area contributed by atoms with Gasteiger partial charge in [-0.05, 0) is 78.6 Å². The Bertz CT molecular complexity index is 1330. The van der Waals surface area contributed by atoms with Gasteiger partial charge >= 0.3 is 0 Å². The Labute approximate surface area is 164 Å². The lowest BCUT2D eigenvalue weighted by Gasteiger charge is -2.11. The van der Waals surface area contributed by atoms with Gasteiger partial charge in [0.25, 0.3) is 0 Å². The third kappa shape index (κ3) is 2.49. The molecule has 0 aliphatic rings. The normalized spacial score (nSPS) is 11.4. The van der Waals surface area contributed by atoms with Gasteiger partial charge in [0.1, 0.15) is 0 Å². The zero-order valence-corrected chi connectivity index (χ0v) is 16.1. The maximum atomic E-state index is 6.03. The second kappa shape index (κ2) is 6.28. The first kappa shape index (κ1) is 16.6. The Hall–Kier alpha value is -3.52. The summed E-state index contributed by atoms with van der Waals surface area (Å²) in [5.41, 5.74) is 15.4. The maximum absolute atomic E-state index is 6.03. The van der Waals surface area contributed by atoms with Gasteiger partial charge in [-0.1, -0.05) is 42.5 Å². The summed E-state index contributed by atoms with van der Waals surface area (Å²) in [5, 5.41) is 2.56. The van der Waals surface area contributed by atoms with Crippen molar-refractivity contribution in [1.29, 1.82) is 0 Å². The molecule has 1 aromatic heterocycles. The van der Waals surface area contributed by atoms with Gasteiger partial charge in [0, 0.05) is 22.1 Å². The molecule has 0 spiro atoms. The number of benzene rings is 4. The minimum Gasteiger partial charge on any atom is -0.399 e. The van der Waals surface area contributed by atoms with Gasteiger partial charge in [0.2, 0.25) is 0 Å². The van der Waals surface area contributed by atoms with E-state index in [1.807, 2.05) is 6.07 Å². The molecule has 2 heteroatoms. The van der Waals surface area contributed by atoms with Crippen molar-refractivity contribution in [2.45, 2.75) is 13.8 Å². The lowest BCUT2D eigenvalue weighted by atomic mass is 9.98. The Morgan fingerprint density at radius 3 is 2.14 bits per heavy atom. The maximum Gasteiger partial charge on any atom is 0.0570 e. The summed E-state index contributed by atoms with van der Waals surface area (Å²) in [6.07, 6.45) is 0. The molecular formula is C26H22N2. The van der Waals surface area contributed by atoms with Gasteiger partial charge in [-0.25, -0.2) is 0 Å². The monoisotopic (exact) mass is 362 g/mol. The zero-order valence-electron chi connectivity index (χ0n) is 16.1. The van der Waals surface area contributed by atoms with E-state index in [1.165, 1.54) is 44.2 Å². The minimum atomic E-state index is 0.835. The van der Waals surface area contributed by atoms with Crippen molar-refractivity contribution >= 4 is 27.5 Å². The largest absolute Gasteiger partial charge is 0.399 e. The highest BCUT2D eigenvalue weighted by atomic mass is 15.0. The highest BCUT2D eigenvalue weighted by Gasteiger charge is 2.15. The van der Waals surface area contributed by atoms with Crippen LogP contribution in [0.4, 0.5) is 5.69 Å². The number of nitrogen functional groups attached to an aromatic ring is 1. The van der Waals surface area contributed by atoms with E-state index in [1.54, 1.807) is 0 Å². The van der Waals surface area contributed by atoms with Crippen molar-refractivity contribution < 1.29 is 0 Å². The quantitative estimate of drug-likeness (QED) is 0.350. The number of aromatic nitrogens is 1. The van der Waals surface area contributed by atoms with E-state index >= 15 is 0 Å². The van der Waals surface area contributed by atoms with Crippen molar-refractivity contribution in [3.8, 4) is 16.8 Å². The molecule has 4 aromatic carbocycles. The molecule has 0 saturated heterocycles. The molecule has 0 bridgehead atoms. The lowest BCUT2D eigenvalue weighted by Crippen LogP contribution is -1.95. The summed E-state index contributed by atoms with van der Waals surface area (Å²) in [5.74, 6) is 0. The fourth-order valence-corrected chi connectivity index (χ4v) is 4.17. The SMILES string of the molecule is Cc1cc(-c2cc(C)c3c(c2)c2ccccc2n3-c2ccccc2)ccc1N.